The van der Waals surface area contributed by atoms with E-state index in [0.29, 0.717) is 44.4 Å². The zero-order chi connectivity index (χ0) is 17.6. The van der Waals surface area contributed by atoms with E-state index >= 15 is 0 Å². The first kappa shape index (κ1) is 17.3. The third-order valence-electron chi connectivity index (χ3n) is 4.11. The first-order valence-corrected chi connectivity index (χ1v) is 8.40. The Kier molecular flexibility index (Phi) is 5.60. The van der Waals surface area contributed by atoms with Crippen molar-refractivity contribution in [3.63, 3.8) is 0 Å². The number of hydrogen-bond donors (Lipinski definition) is 2. The number of hydrogen-bond acceptors (Lipinski definition) is 5. The maximum atomic E-state index is 12.3. The lowest BCUT2D eigenvalue weighted by Crippen LogP contribution is -2.43. The molecule has 3 rings (SSSR count). The molecule has 1 fully saturated rings. The molecule has 2 aliphatic heterocycles. The highest BCUT2D eigenvalue weighted by atomic mass is 16.6. The first-order chi connectivity index (χ1) is 12.2. The normalized spacial score (nSPS) is 19.0. The number of carbonyl (C=O) groups is 2. The van der Waals surface area contributed by atoms with Gasteiger partial charge < -0.3 is 29.7 Å². The molecule has 2 aliphatic rings. The smallest absolute Gasteiger partial charge is 0.315 e. The molecule has 0 unspecified atom stereocenters. The fraction of sp³-hybridized carbons (Fsp3) is 0.529. The molecule has 2 N–H and O–H groups in total. The van der Waals surface area contributed by atoms with E-state index in [1.807, 2.05) is 6.07 Å². The minimum Gasteiger partial charge on any atom is -0.486 e. The summed E-state index contributed by atoms with van der Waals surface area (Å²) in [5.41, 5.74) is 0.749. The zero-order valence-corrected chi connectivity index (χ0v) is 14.2. The predicted octanol–water partition coefficient (Wildman–Crippen LogP) is 0.899. The van der Waals surface area contributed by atoms with Gasteiger partial charge in [0.2, 0.25) is 5.91 Å². The molecule has 0 saturated carbocycles. The SMILES string of the molecule is COCCCNC(=O)N[C@@H]1CC(=O)N(c2ccc3c(c2)OCCO3)C1. The maximum Gasteiger partial charge on any atom is 0.315 e. The van der Waals surface area contributed by atoms with E-state index in [1.165, 1.54) is 0 Å². The van der Waals surface area contributed by atoms with Crippen molar-refractivity contribution in [2.45, 2.75) is 18.9 Å². The molecule has 25 heavy (non-hydrogen) atoms. The van der Waals surface area contributed by atoms with Crippen molar-refractivity contribution in [2.24, 2.45) is 0 Å². The Hall–Kier alpha value is -2.48. The van der Waals surface area contributed by atoms with Crippen molar-refractivity contribution in [2.75, 3.05) is 44.9 Å². The first-order valence-electron chi connectivity index (χ1n) is 8.40. The molecule has 0 radical (unpaired) electrons. The van der Waals surface area contributed by atoms with Gasteiger partial charge in [-0.1, -0.05) is 0 Å². The standard InChI is InChI=1S/C17H23N3O5/c1-23-6-2-5-18-17(22)19-12-9-16(21)20(11-12)13-3-4-14-15(10-13)25-8-7-24-14/h3-4,10,12H,2,5-9,11H2,1H3,(H2,18,19,22)/t12-/m1/s1. The van der Waals surface area contributed by atoms with Gasteiger partial charge in [0.25, 0.3) is 0 Å². The highest BCUT2D eigenvalue weighted by molar-refractivity contribution is 5.97. The highest BCUT2D eigenvalue weighted by Crippen LogP contribution is 2.35. The lowest BCUT2D eigenvalue weighted by molar-refractivity contribution is -0.117. The van der Waals surface area contributed by atoms with Crippen molar-refractivity contribution < 1.29 is 23.8 Å². The topological polar surface area (TPSA) is 89.1 Å². The number of nitrogens with zero attached hydrogens (tertiary/aromatic N) is 1. The summed E-state index contributed by atoms with van der Waals surface area (Å²) >= 11 is 0. The monoisotopic (exact) mass is 349 g/mol. The molecule has 8 heteroatoms. The van der Waals surface area contributed by atoms with Gasteiger partial charge in [-0.25, -0.2) is 4.79 Å². The van der Waals surface area contributed by atoms with Crippen molar-refractivity contribution in [3.05, 3.63) is 18.2 Å². The Morgan fingerprint density at radius 2 is 2.12 bits per heavy atom. The van der Waals surface area contributed by atoms with Crippen LogP contribution in [0.25, 0.3) is 0 Å². The van der Waals surface area contributed by atoms with E-state index in [4.69, 9.17) is 14.2 Å². The number of urea groups is 1. The van der Waals surface area contributed by atoms with Gasteiger partial charge in [0.1, 0.15) is 13.2 Å². The number of methoxy groups -OCH3 is 1. The number of benzene rings is 1. The number of rotatable bonds is 6. The zero-order valence-electron chi connectivity index (χ0n) is 14.2. The van der Waals surface area contributed by atoms with Crippen molar-refractivity contribution in [1.29, 1.82) is 0 Å². The molecule has 0 spiro atoms. The molecule has 136 valence electrons. The summed E-state index contributed by atoms with van der Waals surface area (Å²) in [4.78, 5) is 25.8. The second-order valence-electron chi connectivity index (χ2n) is 5.98. The summed E-state index contributed by atoms with van der Waals surface area (Å²) in [6, 6.07) is 4.96. The number of fused-ring (bicyclic) bond motifs is 1. The number of ether oxygens (including phenoxy) is 3. The van der Waals surface area contributed by atoms with Gasteiger partial charge in [0.05, 0.1) is 6.04 Å². The van der Waals surface area contributed by atoms with E-state index in [2.05, 4.69) is 10.6 Å². The van der Waals surface area contributed by atoms with E-state index in [-0.39, 0.29) is 24.4 Å². The molecule has 1 atom stereocenters. The lowest BCUT2D eigenvalue weighted by Gasteiger charge is -2.22. The van der Waals surface area contributed by atoms with Crippen molar-refractivity contribution in [3.8, 4) is 11.5 Å². The third-order valence-corrected chi connectivity index (χ3v) is 4.11. The summed E-state index contributed by atoms with van der Waals surface area (Å²) in [6.07, 6.45) is 1.02. The number of nitrogens with one attached hydrogen (secondary N) is 2. The lowest BCUT2D eigenvalue weighted by atomic mass is 10.2. The minimum atomic E-state index is -0.266. The summed E-state index contributed by atoms with van der Waals surface area (Å²) in [6.45, 7) is 2.59. The molecule has 1 aromatic rings. The van der Waals surface area contributed by atoms with Crippen molar-refractivity contribution >= 4 is 17.6 Å². The van der Waals surface area contributed by atoms with Gasteiger partial charge in [-0.05, 0) is 18.6 Å². The molecule has 0 aliphatic carbocycles. The second kappa shape index (κ2) is 8.06. The molecule has 3 amide bonds. The van der Waals surface area contributed by atoms with Gasteiger partial charge in [-0.3, -0.25) is 4.79 Å². The molecular formula is C17H23N3O5. The Labute approximate surface area is 146 Å². The number of anilines is 1. The number of amides is 3. The van der Waals surface area contributed by atoms with Gasteiger partial charge >= 0.3 is 6.03 Å². The van der Waals surface area contributed by atoms with E-state index in [1.54, 1.807) is 24.1 Å². The Balaban J connectivity index is 1.54. The van der Waals surface area contributed by atoms with Crippen molar-refractivity contribution in [1.82, 2.24) is 10.6 Å². The average molecular weight is 349 g/mol. The largest absolute Gasteiger partial charge is 0.486 e. The predicted molar refractivity (Wildman–Crippen MR) is 91.2 cm³/mol. The van der Waals surface area contributed by atoms with Gasteiger partial charge in [-0.2, -0.15) is 0 Å². The van der Waals surface area contributed by atoms with Crippen LogP contribution in [0.15, 0.2) is 18.2 Å². The van der Waals surface area contributed by atoms with E-state index in [9.17, 15) is 9.59 Å². The second-order valence-corrected chi connectivity index (χ2v) is 5.98. The molecule has 0 aromatic heterocycles. The molecular weight excluding hydrogens is 326 g/mol. The number of carbonyl (C=O) groups excluding carboxylic acids is 2. The van der Waals surface area contributed by atoms with Crippen LogP contribution in [0.1, 0.15) is 12.8 Å². The van der Waals surface area contributed by atoms with Crippen LogP contribution >= 0.6 is 0 Å². The van der Waals surface area contributed by atoms with Crippen LogP contribution in [-0.4, -0.2) is 58.0 Å². The van der Waals surface area contributed by atoms with Crippen LogP contribution < -0.4 is 25.0 Å². The van der Waals surface area contributed by atoms with E-state index in [0.717, 1.165) is 12.1 Å². The Morgan fingerprint density at radius 3 is 2.92 bits per heavy atom. The third kappa shape index (κ3) is 4.33. The van der Waals surface area contributed by atoms with Crippen LogP contribution in [0.5, 0.6) is 11.5 Å². The fourth-order valence-electron chi connectivity index (χ4n) is 2.91. The molecule has 1 saturated heterocycles. The summed E-state index contributed by atoms with van der Waals surface area (Å²) in [7, 11) is 1.62. The summed E-state index contributed by atoms with van der Waals surface area (Å²) < 4.78 is 16.0. The van der Waals surface area contributed by atoms with Crippen LogP contribution in [0.4, 0.5) is 10.5 Å². The van der Waals surface area contributed by atoms with Crippen LogP contribution in [0, 0.1) is 0 Å². The Morgan fingerprint density at radius 1 is 1.32 bits per heavy atom. The molecule has 8 nitrogen and oxygen atoms in total. The minimum absolute atomic E-state index is 0.0265. The average Bonchev–Trinajstić information content (AvgIpc) is 2.98. The maximum absolute atomic E-state index is 12.3. The Bertz CT molecular complexity index is 637. The van der Waals surface area contributed by atoms with Gasteiger partial charge in [0, 0.05) is 45.0 Å². The highest BCUT2D eigenvalue weighted by Gasteiger charge is 2.32. The van der Waals surface area contributed by atoms with Gasteiger partial charge in [-0.15, -0.1) is 0 Å². The van der Waals surface area contributed by atoms with Crippen LogP contribution in [-0.2, 0) is 9.53 Å². The van der Waals surface area contributed by atoms with Gasteiger partial charge in [0.15, 0.2) is 11.5 Å². The summed E-state index contributed by atoms with van der Waals surface area (Å²) in [5.74, 6) is 1.30. The molecule has 0 bridgehead atoms. The van der Waals surface area contributed by atoms with Crippen LogP contribution in [0.3, 0.4) is 0 Å². The summed E-state index contributed by atoms with van der Waals surface area (Å²) in [5, 5.41) is 5.60. The molecule has 2 heterocycles. The van der Waals surface area contributed by atoms with Crippen LogP contribution in [0.2, 0.25) is 0 Å². The quantitative estimate of drug-likeness (QED) is 0.745. The molecule has 1 aromatic carbocycles. The van der Waals surface area contributed by atoms with E-state index < -0.39 is 0 Å². The fourth-order valence-corrected chi connectivity index (χ4v) is 2.91.